The molecule has 0 saturated heterocycles. The van der Waals surface area contributed by atoms with E-state index < -0.39 is 23.6 Å². The number of nitrogens with one attached hydrogen (secondary N) is 2. The maximum atomic E-state index is 13.6. The van der Waals surface area contributed by atoms with Crippen LogP contribution in [-0.4, -0.2) is 36.9 Å². The predicted molar refractivity (Wildman–Crippen MR) is 106 cm³/mol. The van der Waals surface area contributed by atoms with E-state index in [9.17, 15) is 17.6 Å². The lowest BCUT2D eigenvalue weighted by Crippen LogP contribution is -2.21. The molecule has 1 aromatic carbocycles. The van der Waals surface area contributed by atoms with E-state index in [-0.39, 0.29) is 42.7 Å². The van der Waals surface area contributed by atoms with Crippen molar-refractivity contribution < 1.29 is 17.6 Å². The molecule has 1 atom stereocenters. The summed E-state index contributed by atoms with van der Waals surface area (Å²) in [5, 5.41) is 5.63. The van der Waals surface area contributed by atoms with Crippen LogP contribution in [0.1, 0.15) is 31.9 Å². The van der Waals surface area contributed by atoms with Gasteiger partial charge in [-0.2, -0.15) is 15.0 Å². The van der Waals surface area contributed by atoms with Crippen molar-refractivity contribution in [2.24, 2.45) is 0 Å². The zero-order valence-electron chi connectivity index (χ0n) is 16.5. The molecule has 4 rings (SSSR count). The quantitative estimate of drug-likeness (QED) is 0.553. The fourth-order valence-electron chi connectivity index (χ4n) is 3.31. The molecule has 162 valence electrons. The molecule has 0 amide bonds. The average Bonchev–Trinajstić information content (AvgIpc) is 3.05. The Kier molecular flexibility index (Phi) is 5.66. The van der Waals surface area contributed by atoms with Crippen LogP contribution in [0.4, 0.5) is 35.1 Å². The van der Waals surface area contributed by atoms with Crippen LogP contribution in [0.25, 0.3) is 11.5 Å². The van der Waals surface area contributed by atoms with Gasteiger partial charge < -0.3 is 10.6 Å². The van der Waals surface area contributed by atoms with Gasteiger partial charge in [-0.05, 0) is 25.0 Å². The summed E-state index contributed by atoms with van der Waals surface area (Å²) >= 11 is 0. The van der Waals surface area contributed by atoms with E-state index in [1.54, 1.807) is 6.20 Å². The molecule has 1 aliphatic carbocycles. The minimum absolute atomic E-state index is 0.0223. The van der Waals surface area contributed by atoms with Gasteiger partial charge in [-0.15, -0.1) is 0 Å². The summed E-state index contributed by atoms with van der Waals surface area (Å²) in [6.45, 7) is 1.92. The second-order valence-corrected chi connectivity index (χ2v) is 7.28. The molecule has 1 fully saturated rings. The lowest BCUT2D eigenvalue weighted by atomic mass is 10.2. The third kappa shape index (κ3) is 5.22. The van der Waals surface area contributed by atoms with Gasteiger partial charge in [0.15, 0.2) is 5.82 Å². The van der Waals surface area contributed by atoms with Gasteiger partial charge in [0.05, 0.1) is 11.9 Å². The topological polar surface area (TPSA) is 88.5 Å². The normalized spacial score (nSPS) is 17.5. The van der Waals surface area contributed by atoms with Gasteiger partial charge in [-0.3, -0.25) is 4.98 Å². The van der Waals surface area contributed by atoms with Crippen molar-refractivity contribution in [3.05, 3.63) is 47.9 Å². The smallest absolute Gasteiger partial charge is 0.250 e. The van der Waals surface area contributed by atoms with Gasteiger partial charge in [0, 0.05) is 36.8 Å². The van der Waals surface area contributed by atoms with Gasteiger partial charge >= 0.3 is 0 Å². The number of hydrogen-bond donors (Lipinski definition) is 2. The maximum Gasteiger partial charge on any atom is 0.250 e. The zero-order valence-corrected chi connectivity index (χ0v) is 16.5. The van der Waals surface area contributed by atoms with Gasteiger partial charge in [0.25, 0.3) is 0 Å². The summed E-state index contributed by atoms with van der Waals surface area (Å²) in [5.74, 6) is -4.12. The molecule has 2 aromatic heterocycles. The van der Waals surface area contributed by atoms with E-state index in [1.165, 1.54) is 6.20 Å². The molecule has 1 unspecified atom stereocenters. The van der Waals surface area contributed by atoms with Crippen LogP contribution in [0, 0.1) is 11.6 Å². The second kappa shape index (κ2) is 8.40. The lowest BCUT2D eigenvalue weighted by molar-refractivity contribution is 0.00851. The maximum absolute atomic E-state index is 13.6. The average molecular weight is 433 g/mol. The number of alkyl halides is 2. The Hall–Kier alpha value is -3.37. The molecule has 3 aromatic rings. The Labute approximate surface area is 175 Å². The van der Waals surface area contributed by atoms with E-state index in [0.717, 1.165) is 18.2 Å². The van der Waals surface area contributed by atoms with Crippen LogP contribution in [0.3, 0.4) is 0 Å². The van der Waals surface area contributed by atoms with Crippen molar-refractivity contribution in [3.8, 4) is 11.5 Å². The number of nitrogens with zero attached hydrogens (tertiary/aromatic N) is 5. The zero-order chi connectivity index (χ0) is 22.0. The van der Waals surface area contributed by atoms with Crippen molar-refractivity contribution in [2.45, 2.75) is 44.6 Å². The molecule has 0 bridgehead atoms. The van der Waals surface area contributed by atoms with Gasteiger partial charge in [0.2, 0.25) is 17.8 Å². The van der Waals surface area contributed by atoms with Gasteiger partial charge in [-0.1, -0.05) is 6.92 Å². The highest BCUT2D eigenvalue weighted by molar-refractivity contribution is 5.58. The van der Waals surface area contributed by atoms with Crippen molar-refractivity contribution in [1.82, 2.24) is 24.9 Å². The monoisotopic (exact) mass is 433 g/mol. The van der Waals surface area contributed by atoms with Crippen LogP contribution >= 0.6 is 0 Å². The number of halogens is 4. The van der Waals surface area contributed by atoms with Crippen molar-refractivity contribution in [2.75, 3.05) is 10.6 Å². The van der Waals surface area contributed by atoms with E-state index in [1.807, 2.05) is 6.92 Å². The van der Waals surface area contributed by atoms with Crippen molar-refractivity contribution in [3.63, 3.8) is 0 Å². The number of anilines is 3. The van der Waals surface area contributed by atoms with Crippen LogP contribution in [0.5, 0.6) is 0 Å². The Morgan fingerprint density at radius 3 is 2.42 bits per heavy atom. The number of aryl methyl sites for hydroxylation is 1. The minimum atomic E-state index is -2.74. The molecule has 0 radical (unpaired) electrons. The first-order valence-corrected chi connectivity index (χ1v) is 9.74. The standard InChI is InChI=1S/C20H19F4N7/c1-2-13-9-25-10-16(26-13)17-29-18(27-14-3-4-20(23,24)8-14)31-19(30-17)28-15-6-11(21)5-12(22)7-15/h5-7,9-10,14H,2-4,8H2,1H3,(H2,27,28,29,30,31). The van der Waals surface area contributed by atoms with E-state index in [0.29, 0.717) is 17.8 Å². The molecule has 11 heteroatoms. The first-order chi connectivity index (χ1) is 14.8. The number of aromatic nitrogens is 5. The summed E-state index contributed by atoms with van der Waals surface area (Å²) in [6.07, 6.45) is 3.42. The van der Waals surface area contributed by atoms with Crippen molar-refractivity contribution >= 4 is 17.6 Å². The van der Waals surface area contributed by atoms with Gasteiger partial charge in [0.1, 0.15) is 17.3 Å². The first kappa shape index (κ1) is 20.9. The van der Waals surface area contributed by atoms with Crippen molar-refractivity contribution in [1.29, 1.82) is 0 Å². The minimum Gasteiger partial charge on any atom is -0.351 e. The van der Waals surface area contributed by atoms with Crippen LogP contribution < -0.4 is 10.6 Å². The molecular weight excluding hydrogens is 414 g/mol. The highest BCUT2D eigenvalue weighted by atomic mass is 19.3. The molecule has 0 aliphatic heterocycles. The van der Waals surface area contributed by atoms with E-state index in [2.05, 4.69) is 35.6 Å². The summed E-state index contributed by atoms with van der Waals surface area (Å²) < 4.78 is 54.2. The SMILES string of the molecule is CCc1cncc(-c2nc(Nc3cc(F)cc(F)c3)nc(NC3CCC(F)(F)C3)n2)n1. The third-order valence-corrected chi connectivity index (χ3v) is 4.77. The molecule has 31 heavy (non-hydrogen) atoms. The molecule has 1 saturated carbocycles. The molecular formula is C20H19F4N7. The fourth-order valence-corrected chi connectivity index (χ4v) is 3.31. The third-order valence-electron chi connectivity index (χ3n) is 4.77. The summed E-state index contributed by atoms with van der Waals surface area (Å²) in [4.78, 5) is 21.3. The highest BCUT2D eigenvalue weighted by Gasteiger charge is 2.39. The Morgan fingerprint density at radius 1 is 1.00 bits per heavy atom. The summed E-state index contributed by atoms with van der Waals surface area (Å²) in [6, 6.07) is 2.38. The summed E-state index contributed by atoms with van der Waals surface area (Å²) in [7, 11) is 0. The number of benzene rings is 1. The predicted octanol–water partition coefficient (Wildman–Crippen LogP) is 4.51. The lowest BCUT2D eigenvalue weighted by Gasteiger charge is -2.15. The molecule has 2 heterocycles. The Bertz CT molecular complexity index is 1070. The molecule has 2 N–H and O–H groups in total. The summed E-state index contributed by atoms with van der Waals surface area (Å²) in [5.41, 5.74) is 1.15. The molecule has 1 aliphatic rings. The first-order valence-electron chi connectivity index (χ1n) is 9.74. The Morgan fingerprint density at radius 2 is 1.74 bits per heavy atom. The second-order valence-electron chi connectivity index (χ2n) is 7.28. The van der Waals surface area contributed by atoms with Crippen LogP contribution in [-0.2, 0) is 6.42 Å². The number of hydrogen-bond acceptors (Lipinski definition) is 7. The Balaban J connectivity index is 1.69. The number of rotatable bonds is 6. The molecule has 7 nitrogen and oxygen atoms in total. The highest BCUT2D eigenvalue weighted by Crippen LogP contribution is 2.36. The van der Waals surface area contributed by atoms with Gasteiger partial charge in [-0.25, -0.2) is 22.5 Å². The van der Waals surface area contributed by atoms with Crippen LogP contribution in [0.2, 0.25) is 0 Å². The van der Waals surface area contributed by atoms with Crippen LogP contribution in [0.15, 0.2) is 30.6 Å². The largest absolute Gasteiger partial charge is 0.351 e. The molecule has 0 spiro atoms. The fraction of sp³-hybridized carbons (Fsp3) is 0.350. The van der Waals surface area contributed by atoms with E-state index in [4.69, 9.17) is 0 Å². The van der Waals surface area contributed by atoms with E-state index >= 15 is 0 Å².